The van der Waals surface area contributed by atoms with Crippen LogP contribution in [0.4, 0.5) is 0 Å². The van der Waals surface area contributed by atoms with Gasteiger partial charge in [0, 0.05) is 6.07 Å². The van der Waals surface area contributed by atoms with Gasteiger partial charge in [0.25, 0.3) is 5.56 Å². The van der Waals surface area contributed by atoms with Gasteiger partial charge in [-0.15, -0.1) is 0 Å². The molecule has 0 saturated heterocycles. The van der Waals surface area contributed by atoms with Crippen LogP contribution in [0.25, 0.3) is 21.7 Å². The fraction of sp³-hybridized carbons (Fsp3) is 0.182. The SMILES string of the molecule is CCOc1ccc(-n2c(SCC#N)nc3c(sc(=S)n3-c3cccc(OC)c3)c2=O)cc1. The van der Waals surface area contributed by atoms with Gasteiger partial charge in [0.2, 0.25) is 0 Å². The first kappa shape index (κ1) is 22.1. The fourth-order valence-electron chi connectivity index (χ4n) is 3.19. The molecule has 0 unspecified atom stereocenters. The third-order valence-electron chi connectivity index (χ3n) is 4.56. The van der Waals surface area contributed by atoms with E-state index >= 15 is 0 Å². The Hall–Kier alpha value is -3.13. The minimum atomic E-state index is -0.239. The first-order chi connectivity index (χ1) is 15.6. The Morgan fingerprint density at radius 3 is 2.62 bits per heavy atom. The maximum absolute atomic E-state index is 13.6. The van der Waals surface area contributed by atoms with E-state index in [9.17, 15) is 4.79 Å². The van der Waals surface area contributed by atoms with Crippen molar-refractivity contribution in [2.24, 2.45) is 0 Å². The molecule has 0 aliphatic carbocycles. The van der Waals surface area contributed by atoms with Gasteiger partial charge in [-0.3, -0.25) is 13.9 Å². The highest BCUT2D eigenvalue weighted by Gasteiger charge is 2.19. The van der Waals surface area contributed by atoms with Crippen molar-refractivity contribution >= 4 is 45.7 Å². The maximum Gasteiger partial charge on any atom is 0.278 e. The van der Waals surface area contributed by atoms with Crippen LogP contribution in [0.3, 0.4) is 0 Å². The number of thiazole rings is 1. The second-order valence-electron chi connectivity index (χ2n) is 6.47. The topological polar surface area (TPSA) is 82.1 Å². The summed E-state index contributed by atoms with van der Waals surface area (Å²) in [5.74, 6) is 1.54. The van der Waals surface area contributed by atoms with Crippen LogP contribution < -0.4 is 15.0 Å². The number of aromatic nitrogens is 3. The summed E-state index contributed by atoms with van der Waals surface area (Å²) in [7, 11) is 1.59. The van der Waals surface area contributed by atoms with Crippen LogP contribution in [-0.4, -0.2) is 33.6 Å². The predicted octanol–water partition coefficient (Wildman–Crippen LogP) is 4.99. The monoisotopic (exact) mass is 482 g/mol. The van der Waals surface area contributed by atoms with Gasteiger partial charge < -0.3 is 9.47 Å². The Morgan fingerprint density at radius 2 is 1.94 bits per heavy atom. The molecule has 2 heterocycles. The molecule has 0 N–H and O–H groups in total. The summed E-state index contributed by atoms with van der Waals surface area (Å²) in [6.45, 7) is 2.46. The van der Waals surface area contributed by atoms with Crippen LogP contribution in [-0.2, 0) is 0 Å². The van der Waals surface area contributed by atoms with Gasteiger partial charge in [-0.1, -0.05) is 29.2 Å². The lowest BCUT2D eigenvalue weighted by Gasteiger charge is -2.13. The lowest BCUT2D eigenvalue weighted by atomic mass is 10.3. The van der Waals surface area contributed by atoms with Crippen molar-refractivity contribution in [2.75, 3.05) is 19.5 Å². The van der Waals surface area contributed by atoms with Gasteiger partial charge in [0.1, 0.15) is 16.2 Å². The molecule has 0 spiro atoms. The minimum absolute atomic E-state index is 0.152. The zero-order chi connectivity index (χ0) is 22.7. The molecule has 0 radical (unpaired) electrons. The van der Waals surface area contributed by atoms with Crippen LogP contribution in [0, 0.1) is 15.3 Å². The molecule has 2 aromatic carbocycles. The van der Waals surface area contributed by atoms with Crippen LogP contribution in [0.5, 0.6) is 11.5 Å². The molecule has 4 rings (SSSR count). The number of nitriles is 1. The van der Waals surface area contributed by atoms with Gasteiger partial charge in [0.05, 0.1) is 36.9 Å². The molecule has 0 aliphatic heterocycles. The molecule has 4 aromatic rings. The van der Waals surface area contributed by atoms with Crippen molar-refractivity contribution in [3.8, 4) is 28.9 Å². The molecule has 7 nitrogen and oxygen atoms in total. The summed E-state index contributed by atoms with van der Waals surface area (Å²) >= 11 is 7.99. The summed E-state index contributed by atoms with van der Waals surface area (Å²) in [6.07, 6.45) is 0. The second kappa shape index (κ2) is 9.56. The van der Waals surface area contributed by atoms with Crippen molar-refractivity contribution in [3.05, 3.63) is 62.8 Å². The Kier molecular flexibility index (Phi) is 6.60. The number of thioether (sulfide) groups is 1. The number of nitrogens with zero attached hydrogens (tertiary/aromatic N) is 4. The van der Waals surface area contributed by atoms with E-state index in [4.69, 9.17) is 31.9 Å². The van der Waals surface area contributed by atoms with Gasteiger partial charge in [0.15, 0.2) is 14.8 Å². The number of hydrogen-bond acceptors (Lipinski definition) is 8. The molecular formula is C22H18N4O3S3. The quantitative estimate of drug-likeness (QED) is 0.208. The first-order valence-electron chi connectivity index (χ1n) is 9.63. The van der Waals surface area contributed by atoms with Crippen molar-refractivity contribution in [1.29, 1.82) is 5.26 Å². The van der Waals surface area contributed by atoms with E-state index in [0.717, 1.165) is 5.69 Å². The van der Waals surface area contributed by atoms with Crippen molar-refractivity contribution < 1.29 is 9.47 Å². The Morgan fingerprint density at radius 1 is 1.16 bits per heavy atom. The Bertz CT molecular complexity index is 1430. The predicted molar refractivity (Wildman–Crippen MR) is 129 cm³/mol. The van der Waals surface area contributed by atoms with E-state index in [1.807, 2.05) is 31.2 Å². The van der Waals surface area contributed by atoms with E-state index in [2.05, 4.69) is 6.07 Å². The summed E-state index contributed by atoms with van der Waals surface area (Å²) in [6, 6.07) is 16.7. The Balaban J connectivity index is 1.96. The molecular weight excluding hydrogens is 464 g/mol. The van der Waals surface area contributed by atoms with Crippen LogP contribution in [0.2, 0.25) is 0 Å². The van der Waals surface area contributed by atoms with Gasteiger partial charge >= 0.3 is 0 Å². The fourth-order valence-corrected chi connectivity index (χ4v) is 5.16. The Labute approximate surface area is 197 Å². The normalized spacial score (nSPS) is 10.8. The van der Waals surface area contributed by atoms with Crippen molar-refractivity contribution in [1.82, 2.24) is 14.1 Å². The lowest BCUT2D eigenvalue weighted by molar-refractivity contribution is 0.340. The van der Waals surface area contributed by atoms with Crippen LogP contribution in [0.15, 0.2) is 58.5 Å². The molecule has 2 aromatic heterocycles. The lowest BCUT2D eigenvalue weighted by Crippen LogP contribution is -2.21. The van der Waals surface area contributed by atoms with Gasteiger partial charge in [-0.2, -0.15) is 5.26 Å². The van der Waals surface area contributed by atoms with E-state index in [-0.39, 0.29) is 11.3 Å². The minimum Gasteiger partial charge on any atom is -0.497 e. The highest BCUT2D eigenvalue weighted by molar-refractivity contribution is 7.99. The molecule has 0 saturated carbocycles. The molecule has 0 bridgehead atoms. The second-order valence-corrected chi connectivity index (χ2v) is 9.05. The summed E-state index contributed by atoms with van der Waals surface area (Å²) < 4.78 is 15.0. The molecule has 0 amide bonds. The number of fused-ring (bicyclic) bond motifs is 1. The summed E-state index contributed by atoms with van der Waals surface area (Å²) in [4.78, 5) is 18.3. The molecule has 0 aliphatic rings. The molecule has 32 heavy (non-hydrogen) atoms. The van der Waals surface area contributed by atoms with Crippen molar-refractivity contribution in [2.45, 2.75) is 12.1 Å². The largest absolute Gasteiger partial charge is 0.497 e. The van der Waals surface area contributed by atoms with E-state index < -0.39 is 0 Å². The summed E-state index contributed by atoms with van der Waals surface area (Å²) in [5, 5.41) is 9.54. The van der Waals surface area contributed by atoms with Gasteiger partial charge in [-0.25, -0.2) is 4.98 Å². The zero-order valence-electron chi connectivity index (χ0n) is 17.3. The van der Waals surface area contributed by atoms with Crippen LogP contribution >= 0.6 is 35.3 Å². The molecule has 0 atom stereocenters. The summed E-state index contributed by atoms with van der Waals surface area (Å²) in [5.41, 5.74) is 1.61. The average Bonchev–Trinajstić information content (AvgIpc) is 3.15. The maximum atomic E-state index is 13.6. The van der Waals surface area contributed by atoms with E-state index in [1.54, 1.807) is 35.9 Å². The number of rotatable bonds is 7. The van der Waals surface area contributed by atoms with Crippen molar-refractivity contribution in [3.63, 3.8) is 0 Å². The van der Waals surface area contributed by atoms with Gasteiger partial charge in [-0.05, 0) is 55.5 Å². The molecule has 0 fully saturated rings. The average molecular weight is 483 g/mol. The first-order valence-corrected chi connectivity index (χ1v) is 11.8. The van der Waals surface area contributed by atoms with E-state index in [0.29, 0.717) is 43.3 Å². The third kappa shape index (κ3) is 4.14. The van der Waals surface area contributed by atoms with Crippen LogP contribution in [0.1, 0.15) is 6.92 Å². The highest BCUT2D eigenvalue weighted by atomic mass is 32.2. The number of benzene rings is 2. The zero-order valence-corrected chi connectivity index (χ0v) is 19.7. The standard InChI is InChI=1S/C22H18N4O3S3/c1-3-29-16-9-7-14(8-10-16)26-20(27)18-19(24-21(26)31-12-11-23)25(22(30)32-18)15-5-4-6-17(13-15)28-2/h4-10,13H,3,12H2,1-2H3. The smallest absolute Gasteiger partial charge is 0.278 e. The number of methoxy groups -OCH3 is 1. The number of hydrogen-bond donors (Lipinski definition) is 0. The molecule has 10 heteroatoms. The third-order valence-corrected chi connectivity index (χ3v) is 6.72. The molecule has 162 valence electrons. The number of ether oxygens (including phenoxy) is 2. The highest BCUT2D eigenvalue weighted by Crippen LogP contribution is 2.29. The van der Waals surface area contributed by atoms with E-state index in [1.165, 1.54) is 27.7 Å².